The minimum atomic E-state index is -3.76. The molecule has 2 unspecified atom stereocenters. The number of alkyl halides is 1. The highest BCUT2D eigenvalue weighted by molar-refractivity contribution is 7.91. The van der Waals surface area contributed by atoms with Crippen LogP contribution in [0.3, 0.4) is 0 Å². The second-order valence-corrected chi connectivity index (χ2v) is 18.5. The van der Waals surface area contributed by atoms with Crippen LogP contribution in [0.1, 0.15) is 58.1 Å². The molecule has 6 aromatic rings. The first-order valence-electron chi connectivity index (χ1n) is 17.3. The van der Waals surface area contributed by atoms with Crippen LogP contribution in [-0.2, 0) is 30.1 Å². The molecule has 10 heteroatoms. The molecule has 0 bridgehead atoms. The molecular weight excluding hydrogens is 748 g/mol. The van der Waals surface area contributed by atoms with Crippen molar-refractivity contribution in [2.75, 3.05) is 0 Å². The van der Waals surface area contributed by atoms with E-state index in [1.165, 1.54) is 12.1 Å². The molecule has 0 saturated carbocycles. The first kappa shape index (κ1) is 38.4. The molecule has 6 nitrogen and oxygen atoms in total. The third-order valence-corrected chi connectivity index (χ3v) is 13.8. The average molecular weight is 788 g/mol. The second-order valence-electron chi connectivity index (χ2n) is 13.3. The third kappa shape index (κ3) is 7.97. The topological polar surface area (TPSA) is 86.7 Å². The number of halogens is 2. The fourth-order valence-electron chi connectivity index (χ4n) is 6.29. The van der Waals surface area contributed by atoms with Crippen LogP contribution < -0.4 is 9.47 Å². The van der Waals surface area contributed by atoms with E-state index in [4.69, 9.17) is 32.7 Å². The minimum absolute atomic E-state index is 0.155. The SMILES string of the molecule is CCCC(C)(Cl)c1ccc(S(=O)(=O)c2ccc(Oc3cccc4c(OC(C)(CC)c5ccc(S(=O)(=O)c6ccc(Cl)cc6)cc5)cccc34)cc2)cc1. The molecule has 0 amide bonds. The second kappa shape index (κ2) is 15.2. The molecule has 0 aliphatic rings. The van der Waals surface area contributed by atoms with Gasteiger partial charge in [0, 0.05) is 15.8 Å². The monoisotopic (exact) mass is 786 g/mol. The molecular formula is C43H40Cl2O6S2. The van der Waals surface area contributed by atoms with E-state index in [0.29, 0.717) is 28.7 Å². The lowest BCUT2D eigenvalue weighted by Gasteiger charge is -2.31. The average Bonchev–Trinajstić information content (AvgIpc) is 3.15. The first-order valence-corrected chi connectivity index (χ1v) is 21.0. The van der Waals surface area contributed by atoms with E-state index in [1.807, 2.05) is 57.2 Å². The summed E-state index contributed by atoms with van der Waals surface area (Å²) in [7, 11) is -7.48. The van der Waals surface area contributed by atoms with Crippen LogP contribution in [0.15, 0.2) is 153 Å². The predicted octanol–water partition coefficient (Wildman–Crippen LogP) is 11.9. The van der Waals surface area contributed by atoms with Crippen molar-refractivity contribution in [1.82, 2.24) is 0 Å². The molecule has 0 aliphatic carbocycles. The Hall–Kier alpha value is -4.34. The normalized spacial score (nSPS) is 14.3. The zero-order valence-corrected chi connectivity index (χ0v) is 33.0. The van der Waals surface area contributed by atoms with Gasteiger partial charge in [0.25, 0.3) is 0 Å². The van der Waals surface area contributed by atoms with Crippen LogP contribution in [0.4, 0.5) is 0 Å². The summed E-state index contributed by atoms with van der Waals surface area (Å²) in [4.78, 5) is 0.138. The van der Waals surface area contributed by atoms with Crippen molar-refractivity contribution < 1.29 is 26.3 Å². The Kier molecular flexibility index (Phi) is 11.0. The highest BCUT2D eigenvalue weighted by Gasteiger charge is 2.29. The van der Waals surface area contributed by atoms with E-state index in [9.17, 15) is 16.8 Å². The summed E-state index contributed by atoms with van der Waals surface area (Å²) in [6, 6.07) is 37.4. The summed E-state index contributed by atoms with van der Waals surface area (Å²) in [5, 5.41) is 2.09. The number of ether oxygens (including phenoxy) is 2. The van der Waals surface area contributed by atoms with Gasteiger partial charge in [0.15, 0.2) is 0 Å². The maximum absolute atomic E-state index is 13.5. The molecule has 6 rings (SSSR count). The maximum atomic E-state index is 13.5. The molecule has 0 spiro atoms. The van der Waals surface area contributed by atoms with E-state index < -0.39 is 30.1 Å². The summed E-state index contributed by atoms with van der Waals surface area (Å²) in [6.45, 7) is 7.99. The zero-order chi connectivity index (χ0) is 38.0. The maximum Gasteiger partial charge on any atom is 0.206 e. The molecule has 274 valence electrons. The van der Waals surface area contributed by atoms with Gasteiger partial charge in [0.1, 0.15) is 22.8 Å². The van der Waals surface area contributed by atoms with Gasteiger partial charge in [0.05, 0.1) is 24.5 Å². The van der Waals surface area contributed by atoms with Gasteiger partial charge in [-0.15, -0.1) is 11.6 Å². The van der Waals surface area contributed by atoms with Crippen molar-refractivity contribution in [2.45, 2.75) is 77.0 Å². The predicted molar refractivity (Wildman–Crippen MR) is 212 cm³/mol. The van der Waals surface area contributed by atoms with Crippen LogP contribution in [-0.4, -0.2) is 16.8 Å². The van der Waals surface area contributed by atoms with Crippen LogP contribution in [0, 0.1) is 0 Å². The number of sulfone groups is 2. The van der Waals surface area contributed by atoms with Crippen LogP contribution >= 0.6 is 23.2 Å². The van der Waals surface area contributed by atoms with Gasteiger partial charge >= 0.3 is 0 Å². The Morgan fingerprint density at radius 3 is 1.49 bits per heavy atom. The van der Waals surface area contributed by atoms with Gasteiger partial charge in [-0.3, -0.25) is 0 Å². The molecule has 53 heavy (non-hydrogen) atoms. The van der Waals surface area contributed by atoms with Crippen molar-refractivity contribution in [1.29, 1.82) is 0 Å². The molecule has 0 aliphatic heterocycles. The van der Waals surface area contributed by atoms with E-state index in [-0.39, 0.29) is 19.6 Å². The standard InChI is InChI=1S/C43H40Cl2O6S2/c1-5-29-42(3,45)30-13-21-34(22-14-30)53(48,49)37-27-19-33(20-28-37)50-40-11-7-10-39-38(40)9-8-12-41(39)51-43(4,6-2)31-15-23-35(24-16-31)52(46,47)36-25-17-32(44)18-26-36/h7-28H,5-6,29H2,1-4H3. The number of fused-ring (bicyclic) bond motifs is 1. The van der Waals surface area contributed by atoms with Crippen molar-refractivity contribution in [3.8, 4) is 17.2 Å². The molecule has 0 N–H and O–H groups in total. The summed E-state index contributed by atoms with van der Waals surface area (Å²) >= 11 is 12.6. The highest BCUT2D eigenvalue weighted by atomic mass is 35.5. The smallest absolute Gasteiger partial charge is 0.206 e. The molecule has 2 atom stereocenters. The summed E-state index contributed by atoms with van der Waals surface area (Å²) in [5.41, 5.74) is 0.915. The fraction of sp³-hybridized carbons (Fsp3) is 0.209. The van der Waals surface area contributed by atoms with Crippen molar-refractivity contribution in [2.24, 2.45) is 0 Å². The lowest BCUT2D eigenvalue weighted by atomic mass is 9.92. The van der Waals surface area contributed by atoms with Crippen molar-refractivity contribution in [3.63, 3.8) is 0 Å². The van der Waals surface area contributed by atoms with Gasteiger partial charge in [-0.1, -0.05) is 80.4 Å². The van der Waals surface area contributed by atoms with E-state index in [0.717, 1.165) is 34.7 Å². The van der Waals surface area contributed by atoms with Gasteiger partial charge < -0.3 is 9.47 Å². The Morgan fingerprint density at radius 2 is 1.00 bits per heavy atom. The number of hydrogen-bond acceptors (Lipinski definition) is 6. The number of rotatable bonds is 13. The minimum Gasteiger partial charge on any atom is -0.482 e. The summed E-state index contributed by atoms with van der Waals surface area (Å²) < 4.78 is 66.4. The molecule has 0 saturated heterocycles. The van der Waals surface area contributed by atoms with Gasteiger partial charge in [-0.05, 0) is 123 Å². The quantitative estimate of drug-likeness (QED) is 0.108. The molecule has 0 heterocycles. The highest BCUT2D eigenvalue weighted by Crippen LogP contribution is 2.40. The number of hydrogen-bond donors (Lipinski definition) is 0. The van der Waals surface area contributed by atoms with E-state index in [2.05, 4.69) is 6.92 Å². The lowest BCUT2D eigenvalue weighted by molar-refractivity contribution is 0.0845. The Morgan fingerprint density at radius 1 is 0.566 bits per heavy atom. The molecule has 0 radical (unpaired) electrons. The first-order chi connectivity index (χ1) is 25.2. The van der Waals surface area contributed by atoms with Crippen molar-refractivity contribution in [3.05, 3.63) is 150 Å². The largest absolute Gasteiger partial charge is 0.482 e. The van der Waals surface area contributed by atoms with Crippen LogP contribution in [0.25, 0.3) is 10.8 Å². The third-order valence-electron chi connectivity index (χ3n) is 9.60. The fourth-order valence-corrected chi connectivity index (χ4v) is 9.25. The molecule has 0 aromatic heterocycles. The summed E-state index contributed by atoms with van der Waals surface area (Å²) in [5.74, 6) is 1.68. The van der Waals surface area contributed by atoms with E-state index in [1.54, 1.807) is 84.9 Å². The Bertz CT molecular complexity index is 2450. The van der Waals surface area contributed by atoms with Crippen LogP contribution in [0.2, 0.25) is 5.02 Å². The molecule has 6 aromatic carbocycles. The van der Waals surface area contributed by atoms with Gasteiger partial charge in [-0.25, -0.2) is 16.8 Å². The molecule has 0 fully saturated rings. The summed E-state index contributed by atoms with van der Waals surface area (Å²) in [6.07, 6.45) is 2.30. The van der Waals surface area contributed by atoms with Gasteiger partial charge in [0.2, 0.25) is 19.7 Å². The van der Waals surface area contributed by atoms with Crippen molar-refractivity contribution >= 4 is 53.6 Å². The zero-order valence-electron chi connectivity index (χ0n) is 29.8. The van der Waals surface area contributed by atoms with E-state index >= 15 is 0 Å². The number of benzene rings is 6. The lowest BCUT2D eigenvalue weighted by Crippen LogP contribution is -2.28. The Balaban J connectivity index is 1.21. The van der Waals surface area contributed by atoms with Gasteiger partial charge in [-0.2, -0.15) is 0 Å². The van der Waals surface area contributed by atoms with Crippen LogP contribution in [0.5, 0.6) is 17.2 Å². The Labute approximate surface area is 322 Å².